The van der Waals surface area contributed by atoms with Gasteiger partial charge in [0.15, 0.2) is 5.82 Å². The van der Waals surface area contributed by atoms with Crippen molar-refractivity contribution in [1.29, 1.82) is 0 Å². The number of nitrogens with zero attached hydrogens (tertiary/aromatic N) is 4. The van der Waals surface area contributed by atoms with Gasteiger partial charge in [0, 0.05) is 37.4 Å². The fourth-order valence-corrected chi connectivity index (χ4v) is 3.41. The van der Waals surface area contributed by atoms with Crippen molar-refractivity contribution in [2.24, 2.45) is 0 Å². The largest absolute Gasteiger partial charge is 0.370 e. The molecule has 1 N–H and O–H groups in total. The Kier molecular flexibility index (Phi) is 4.82. The Labute approximate surface area is 156 Å². The number of H-pyrrole nitrogens is 1. The number of amides is 1. The van der Waals surface area contributed by atoms with Crippen molar-refractivity contribution in [2.75, 3.05) is 31.1 Å². The van der Waals surface area contributed by atoms with Crippen molar-refractivity contribution in [3.63, 3.8) is 0 Å². The first-order valence-electron chi connectivity index (χ1n) is 8.97. The van der Waals surface area contributed by atoms with Crippen LogP contribution in [0, 0.1) is 5.82 Å². The van der Waals surface area contributed by atoms with Crippen LogP contribution in [-0.4, -0.2) is 52.2 Å². The third-order valence-corrected chi connectivity index (χ3v) is 4.80. The Morgan fingerprint density at radius 1 is 1.00 bits per heavy atom. The third kappa shape index (κ3) is 3.67. The first kappa shape index (κ1) is 17.2. The highest BCUT2D eigenvalue weighted by atomic mass is 19.1. The van der Waals surface area contributed by atoms with E-state index in [1.54, 1.807) is 12.1 Å². The third-order valence-electron chi connectivity index (χ3n) is 4.80. The van der Waals surface area contributed by atoms with Crippen LogP contribution in [-0.2, 0) is 0 Å². The molecule has 1 aliphatic heterocycles. The van der Waals surface area contributed by atoms with Crippen LogP contribution in [0.5, 0.6) is 0 Å². The maximum atomic E-state index is 13.2. The van der Waals surface area contributed by atoms with Crippen LogP contribution in [0.3, 0.4) is 0 Å². The summed E-state index contributed by atoms with van der Waals surface area (Å²) in [5, 5.41) is 6.71. The van der Waals surface area contributed by atoms with E-state index < -0.39 is 0 Å². The van der Waals surface area contributed by atoms with Crippen LogP contribution in [0.25, 0.3) is 11.4 Å². The molecule has 4 rings (SSSR count). The zero-order valence-corrected chi connectivity index (χ0v) is 14.8. The van der Waals surface area contributed by atoms with Crippen LogP contribution >= 0.6 is 0 Å². The first-order valence-corrected chi connectivity index (χ1v) is 8.97. The van der Waals surface area contributed by atoms with Crippen molar-refractivity contribution in [3.05, 3.63) is 66.2 Å². The van der Waals surface area contributed by atoms with Crippen LogP contribution in [0.2, 0.25) is 0 Å². The summed E-state index contributed by atoms with van der Waals surface area (Å²) in [4.78, 5) is 21.4. The van der Waals surface area contributed by atoms with E-state index in [-0.39, 0.29) is 11.7 Å². The second kappa shape index (κ2) is 7.57. The molecule has 1 fully saturated rings. The molecule has 0 radical (unpaired) electrons. The van der Waals surface area contributed by atoms with Gasteiger partial charge in [-0.3, -0.25) is 9.89 Å². The number of aromatic amines is 1. The molecule has 6 nitrogen and oxygen atoms in total. The minimum Gasteiger partial charge on any atom is -0.370 e. The quantitative estimate of drug-likeness (QED) is 0.775. The van der Waals surface area contributed by atoms with Gasteiger partial charge in [-0.15, -0.1) is 0 Å². The summed E-state index contributed by atoms with van der Waals surface area (Å²) in [7, 11) is 0. The van der Waals surface area contributed by atoms with Gasteiger partial charge in [0.25, 0.3) is 5.91 Å². The van der Waals surface area contributed by atoms with Gasteiger partial charge in [-0.25, -0.2) is 9.37 Å². The molecule has 0 bridgehead atoms. The number of aromatic nitrogens is 3. The molecule has 0 aliphatic carbocycles. The molecule has 0 spiro atoms. The minimum atomic E-state index is -0.241. The number of hydrogen-bond acceptors (Lipinski definition) is 4. The van der Waals surface area contributed by atoms with Crippen LogP contribution in [0.1, 0.15) is 16.8 Å². The zero-order chi connectivity index (χ0) is 18.6. The van der Waals surface area contributed by atoms with Crippen molar-refractivity contribution >= 4 is 11.6 Å². The summed E-state index contributed by atoms with van der Waals surface area (Å²) in [5.41, 5.74) is 2.34. The molecule has 0 saturated carbocycles. The Morgan fingerprint density at radius 3 is 2.59 bits per heavy atom. The zero-order valence-electron chi connectivity index (χ0n) is 14.8. The molecule has 7 heteroatoms. The molecule has 2 heterocycles. The lowest BCUT2D eigenvalue weighted by molar-refractivity contribution is 0.0767. The minimum absolute atomic E-state index is 0.0112. The fourth-order valence-electron chi connectivity index (χ4n) is 3.41. The number of nitrogens with one attached hydrogen (secondary N) is 1. The van der Waals surface area contributed by atoms with Crippen LogP contribution in [0.15, 0.2) is 54.9 Å². The number of hydrogen-bond donors (Lipinski definition) is 1. The van der Waals surface area contributed by atoms with Gasteiger partial charge >= 0.3 is 0 Å². The van der Waals surface area contributed by atoms with Gasteiger partial charge in [0.1, 0.15) is 12.1 Å². The summed E-state index contributed by atoms with van der Waals surface area (Å²) < 4.78 is 13.2. The highest BCUT2D eigenvalue weighted by molar-refractivity contribution is 6.00. The van der Waals surface area contributed by atoms with Crippen LogP contribution in [0.4, 0.5) is 10.1 Å². The summed E-state index contributed by atoms with van der Waals surface area (Å²) in [6.45, 7) is 2.84. The van der Waals surface area contributed by atoms with E-state index in [1.807, 2.05) is 29.2 Å². The van der Waals surface area contributed by atoms with Gasteiger partial charge in [0.2, 0.25) is 0 Å². The van der Waals surface area contributed by atoms with Crippen molar-refractivity contribution in [3.8, 4) is 11.4 Å². The predicted octanol–water partition coefficient (Wildman–Crippen LogP) is 2.96. The van der Waals surface area contributed by atoms with Gasteiger partial charge in [0.05, 0.1) is 5.56 Å². The average molecular weight is 365 g/mol. The standard InChI is InChI=1S/C20H20FN5O/c21-15-6-8-16(9-7-15)25-10-3-11-26(13-12-25)20(27)18-5-2-1-4-17(18)19-22-14-23-24-19/h1-2,4-9,14H,3,10-13H2,(H,22,23,24). The monoisotopic (exact) mass is 365 g/mol. The Balaban J connectivity index is 1.52. The van der Waals surface area contributed by atoms with E-state index in [1.165, 1.54) is 18.5 Å². The number of carbonyl (C=O) groups excluding carboxylic acids is 1. The molecule has 2 aromatic carbocycles. The molecule has 0 atom stereocenters. The predicted molar refractivity (Wildman–Crippen MR) is 101 cm³/mol. The Morgan fingerprint density at radius 2 is 1.81 bits per heavy atom. The number of halogens is 1. The second-order valence-corrected chi connectivity index (χ2v) is 6.49. The molecule has 1 aromatic heterocycles. The summed E-state index contributed by atoms with van der Waals surface area (Å²) >= 11 is 0. The van der Waals surface area contributed by atoms with E-state index >= 15 is 0 Å². The fraction of sp³-hybridized carbons (Fsp3) is 0.250. The number of anilines is 1. The molecule has 3 aromatic rings. The van der Waals surface area contributed by atoms with E-state index in [4.69, 9.17) is 0 Å². The van der Waals surface area contributed by atoms with Crippen LogP contribution < -0.4 is 4.90 Å². The summed E-state index contributed by atoms with van der Waals surface area (Å²) in [6, 6.07) is 13.9. The Bertz CT molecular complexity index is 910. The number of rotatable bonds is 3. The van der Waals surface area contributed by atoms with Gasteiger partial charge in [-0.2, -0.15) is 5.10 Å². The molecule has 138 valence electrons. The molecular formula is C20H20FN5O. The highest BCUT2D eigenvalue weighted by Crippen LogP contribution is 2.23. The molecule has 0 unspecified atom stereocenters. The number of benzene rings is 2. The van der Waals surface area contributed by atoms with Gasteiger partial charge in [-0.1, -0.05) is 18.2 Å². The lowest BCUT2D eigenvalue weighted by Gasteiger charge is -2.24. The van der Waals surface area contributed by atoms with Gasteiger partial charge < -0.3 is 9.80 Å². The maximum absolute atomic E-state index is 13.2. The number of carbonyl (C=O) groups is 1. The molecule has 27 heavy (non-hydrogen) atoms. The normalized spacial score (nSPS) is 14.9. The Hall–Kier alpha value is -3.22. The topological polar surface area (TPSA) is 65.1 Å². The van der Waals surface area contributed by atoms with E-state index in [0.29, 0.717) is 31.0 Å². The van der Waals surface area contributed by atoms with Gasteiger partial charge in [-0.05, 0) is 36.8 Å². The van der Waals surface area contributed by atoms with Crippen molar-refractivity contribution < 1.29 is 9.18 Å². The van der Waals surface area contributed by atoms with E-state index in [0.717, 1.165) is 24.2 Å². The maximum Gasteiger partial charge on any atom is 0.254 e. The van der Waals surface area contributed by atoms with E-state index in [9.17, 15) is 9.18 Å². The van der Waals surface area contributed by atoms with E-state index in [2.05, 4.69) is 20.1 Å². The lowest BCUT2D eigenvalue weighted by atomic mass is 10.1. The van der Waals surface area contributed by atoms with Crippen molar-refractivity contribution in [2.45, 2.75) is 6.42 Å². The molecule has 1 aliphatic rings. The SMILES string of the molecule is O=C(c1ccccc1-c1ncn[nH]1)N1CCCN(c2ccc(F)cc2)CC1. The molecule has 1 amide bonds. The smallest absolute Gasteiger partial charge is 0.254 e. The lowest BCUT2D eigenvalue weighted by Crippen LogP contribution is -2.35. The molecular weight excluding hydrogens is 345 g/mol. The first-order chi connectivity index (χ1) is 13.2. The summed E-state index contributed by atoms with van der Waals surface area (Å²) in [6.07, 6.45) is 2.29. The van der Waals surface area contributed by atoms with Crippen molar-refractivity contribution in [1.82, 2.24) is 20.1 Å². The summed E-state index contributed by atoms with van der Waals surface area (Å²) in [5.74, 6) is 0.332. The molecule has 1 saturated heterocycles. The average Bonchev–Trinajstić information content (AvgIpc) is 3.13. The highest BCUT2D eigenvalue weighted by Gasteiger charge is 2.23. The second-order valence-electron chi connectivity index (χ2n) is 6.49.